The number of aromatic nitrogens is 1. The van der Waals surface area contributed by atoms with Crippen molar-refractivity contribution in [2.45, 2.75) is 6.54 Å². The zero-order chi connectivity index (χ0) is 11.2. The van der Waals surface area contributed by atoms with E-state index in [2.05, 4.69) is 14.9 Å². The Morgan fingerprint density at radius 3 is 2.88 bits per heavy atom. The molecule has 0 bridgehead atoms. The Labute approximate surface area is 123 Å². The van der Waals surface area contributed by atoms with Crippen LogP contribution in [0.2, 0.25) is 0 Å². The molecular weight excluding hydrogens is 347 g/mol. The summed E-state index contributed by atoms with van der Waals surface area (Å²) >= 11 is 1.97. The number of aliphatic imine (C=N–C) groups is 1. The average molecular weight is 364 g/mol. The predicted octanol–water partition coefficient (Wildman–Crippen LogP) is 1.56. The van der Waals surface area contributed by atoms with E-state index >= 15 is 0 Å². The maximum atomic E-state index is 5.94. The van der Waals surface area contributed by atoms with Crippen molar-refractivity contribution >= 4 is 41.7 Å². The molecule has 17 heavy (non-hydrogen) atoms. The van der Waals surface area contributed by atoms with E-state index in [0.717, 1.165) is 30.2 Å². The van der Waals surface area contributed by atoms with E-state index in [-0.39, 0.29) is 24.0 Å². The largest absolute Gasteiger partial charge is 0.370 e. The molecule has 2 N–H and O–H groups in total. The minimum Gasteiger partial charge on any atom is -0.370 e. The molecule has 0 amide bonds. The van der Waals surface area contributed by atoms with Crippen molar-refractivity contribution < 1.29 is 0 Å². The lowest BCUT2D eigenvalue weighted by Gasteiger charge is -2.27. The highest BCUT2D eigenvalue weighted by atomic mass is 127. The quantitative estimate of drug-likeness (QED) is 0.492. The van der Waals surface area contributed by atoms with Crippen molar-refractivity contribution in [2.75, 3.05) is 24.6 Å². The van der Waals surface area contributed by atoms with Crippen LogP contribution in [-0.2, 0) is 6.54 Å². The average Bonchev–Trinajstić information content (AvgIpc) is 2.38. The fourth-order valence-corrected chi connectivity index (χ4v) is 2.46. The minimum absolute atomic E-state index is 0. The van der Waals surface area contributed by atoms with Gasteiger partial charge in [-0.1, -0.05) is 6.07 Å². The van der Waals surface area contributed by atoms with E-state index in [9.17, 15) is 0 Å². The molecule has 1 aliphatic heterocycles. The molecular formula is C11H17IN4S. The molecule has 0 radical (unpaired) electrons. The topological polar surface area (TPSA) is 54.5 Å². The number of rotatable bonds is 2. The third-order valence-electron chi connectivity index (χ3n) is 2.48. The van der Waals surface area contributed by atoms with Crippen molar-refractivity contribution in [3.05, 3.63) is 30.1 Å². The Kier molecular flexibility index (Phi) is 6.64. The van der Waals surface area contributed by atoms with E-state index in [1.807, 2.05) is 30.1 Å². The Morgan fingerprint density at radius 1 is 1.47 bits per heavy atom. The van der Waals surface area contributed by atoms with Crippen LogP contribution < -0.4 is 5.73 Å². The fourth-order valence-electron chi connectivity index (χ4n) is 1.56. The van der Waals surface area contributed by atoms with Crippen LogP contribution in [0.1, 0.15) is 5.56 Å². The maximum absolute atomic E-state index is 5.94. The molecule has 0 saturated carbocycles. The Hall–Kier alpha value is -0.500. The van der Waals surface area contributed by atoms with E-state index in [0.29, 0.717) is 12.5 Å². The third kappa shape index (κ3) is 4.71. The number of thioether (sulfide) groups is 1. The summed E-state index contributed by atoms with van der Waals surface area (Å²) in [5, 5.41) is 0. The molecule has 94 valence electrons. The zero-order valence-corrected chi connectivity index (χ0v) is 12.7. The van der Waals surface area contributed by atoms with Crippen LogP contribution in [0.25, 0.3) is 0 Å². The molecule has 1 fully saturated rings. The molecule has 1 aromatic rings. The van der Waals surface area contributed by atoms with E-state index in [1.165, 1.54) is 0 Å². The highest BCUT2D eigenvalue weighted by Gasteiger charge is 2.11. The van der Waals surface area contributed by atoms with Crippen LogP contribution in [-0.4, -0.2) is 40.4 Å². The highest BCUT2D eigenvalue weighted by Crippen LogP contribution is 2.08. The van der Waals surface area contributed by atoms with Gasteiger partial charge in [-0.3, -0.25) is 4.98 Å². The third-order valence-corrected chi connectivity index (χ3v) is 3.42. The van der Waals surface area contributed by atoms with Gasteiger partial charge in [-0.25, -0.2) is 4.99 Å². The first kappa shape index (κ1) is 14.6. The molecule has 4 nitrogen and oxygen atoms in total. The standard InChI is InChI=1S/C11H16N4S.HI/c12-11(15-4-6-16-7-5-15)14-9-10-2-1-3-13-8-10;/h1-3,8H,4-7,9H2,(H2,12,14);1H. The molecule has 1 saturated heterocycles. The first-order chi connectivity index (χ1) is 7.86. The summed E-state index contributed by atoms with van der Waals surface area (Å²) in [6.45, 7) is 2.63. The van der Waals surface area contributed by atoms with Gasteiger partial charge in [0.25, 0.3) is 0 Å². The van der Waals surface area contributed by atoms with Gasteiger partial charge in [-0.15, -0.1) is 24.0 Å². The number of halogens is 1. The minimum atomic E-state index is 0. The van der Waals surface area contributed by atoms with Crippen LogP contribution in [0.15, 0.2) is 29.5 Å². The van der Waals surface area contributed by atoms with Crippen LogP contribution in [0.5, 0.6) is 0 Å². The Bertz CT molecular complexity index is 352. The monoisotopic (exact) mass is 364 g/mol. The summed E-state index contributed by atoms with van der Waals surface area (Å²) in [6.07, 6.45) is 3.58. The summed E-state index contributed by atoms with van der Waals surface area (Å²) in [5.74, 6) is 2.94. The van der Waals surface area contributed by atoms with Crippen molar-refractivity contribution in [1.29, 1.82) is 0 Å². The number of pyridine rings is 1. The van der Waals surface area contributed by atoms with Gasteiger partial charge in [-0.2, -0.15) is 11.8 Å². The molecule has 6 heteroatoms. The van der Waals surface area contributed by atoms with Gasteiger partial charge in [0, 0.05) is 37.0 Å². The number of nitrogens with two attached hydrogens (primary N) is 1. The van der Waals surface area contributed by atoms with Gasteiger partial charge in [0.15, 0.2) is 5.96 Å². The lowest BCUT2D eigenvalue weighted by molar-refractivity contribution is 0.455. The molecule has 0 spiro atoms. The lowest BCUT2D eigenvalue weighted by Crippen LogP contribution is -2.42. The van der Waals surface area contributed by atoms with Crippen molar-refractivity contribution in [3.8, 4) is 0 Å². The summed E-state index contributed by atoms with van der Waals surface area (Å²) < 4.78 is 0. The first-order valence-electron chi connectivity index (χ1n) is 5.38. The zero-order valence-electron chi connectivity index (χ0n) is 9.58. The SMILES string of the molecule is I.NC(=NCc1cccnc1)N1CCSCC1. The number of hydrogen-bond donors (Lipinski definition) is 1. The Morgan fingerprint density at radius 2 is 2.24 bits per heavy atom. The van der Waals surface area contributed by atoms with Gasteiger partial charge in [-0.05, 0) is 11.6 Å². The van der Waals surface area contributed by atoms with Gasteiger partial charge < -0.3 is 10.6 Å². The van der Waals surface area contributed by atoms with Crippen LogP contribution in [0, 0.1) is 0 Å². The normalized spacial score (nSPS) is 16.5. The second-order valence-electron chi connectivity index (χ2n) is 3.64. The van der Waals surface area contributed by atoms with Crippen molar-refractivity contribution in [3.63, 3.8) is 0 Å². The molecule has 0 unspecified atom stereocenters. The van der Waals surface area contributed by atoms with Crippen LogP contribution >= 0.6 is 35.7 Å². The molecule has 1 aliphatic rings. The van der Waals surface area contributed by atoms with Crippen LogP contribution in [0.4, 0.5) is 0 Å². The second-order valence-corrected chi connectivity index (χ2v) is 4.86. The van der Waals surface area contributed by atoms with Crippen molar-refractivity contribution in [2.24, 2.45) is 10.7 Å². The van der Waals surface area contributed by atoms with E-state index in [1.54, 1.807) is 6.20 Å². The lowest BCUT2D eigenvalue weighted by atomic mass is 10.3. The molecule has 0 aliphatic carbocycles. The van der Waals surface area contributed by atoms with Crippen LogP contribution in [0.3, 0.4) is 0 Å². The molecule has 0 aromatic carbocycles. The van der Waals surface area contributed by atoms with Gasteiger partial charge in [0.1, 0.15) is 0 Å². The Balaban J connectivity index is 0.00000144. The van der Waals surface area contributed by atoms with Gasteiger partial charge in [0.05, 0.1) is 6.54 Å². The number of hydrogen-bond acceptors (Lipinski definition) is 3. The molecule has 2 heterocycles. The van der Waals surface area contributed by atoms with Gasteiger partial charge in [0.2, 0.25) is 0 Å². The predicted molar refractivity (Wildman–Crippen MR) is 83.9 cm³/mol. The van der Waals surface area contributed by atoms with Crippen molar-refractivity contribution in [1.82, 2.24) is 9.88 Å². The molecule has 1 aromatic heterocycles. The summed E-state index contributed by atoms with van der Waals surface area (Å²) in [7, 11) is 0. The van der Waals surface area contributed by atoms with Gasteiger partial charge >= 0.3 is 0 Å². The summed E-state index contributed by atoms with van der Waals surface area (Å²) in [4.78, 5) is 10.6. The smallest absolute Gasteiger partial charge is 0.191 e. The highest BCUT2D eigenvalue weighted by molar-refractivity contribution is 14.0. The second kappa shape index (κ2) is 7.75. The number of nitrogens with zero attached hydrogens (tertiary/aromatic N) is 3. The molecule has 0 atom stereocenters. The first-order valence-corrected chi connectivity index (χ1v) is 6.53. The van der Waals surface area contributed by atoms with E-state index < -0.39 is 0 Å². The fraction of sp³-hybridized carbons (Fsp3) is 0.455. The van der Waals surface area contributed by atoms with E-state index in [4.69, 9.17) is 5.73 Å². The maximum Gasteiger partial charge on any atom is 0.191 e. The molecule has 2 rings (SSSR count). The summed E-state index contributed by atoms with van der Waals surface area (Å²) in [5.41, 5.74) is 7.04. The number of guanidine groups is 1. The summed E-state index contributed by atoms with van der Waals surface area (Å²) in [6, 6.07) is 3.93.